The van der Waals surface area contributed by atoms with Gasteiger partial charge in [-0.3, -0.25) is 4.79 Å². The Balaban J connectivity index is 2.96. The molecule has 0 saturated carbocycles. The molecule has 0 aliphatic rings. The summed E-state index contributed by atoms with van der Waals surface area (Å²) in [6.07, 6.45) is 1.00. The van der Waals surface area contributed by atoms with Crippen molar-refractivity contribution in [3.63, 3.8) is 0 Å². The number of hydrogen-bond donors (Lipinski definition) is 1. The zero-order chi connectivity index (χ0) is 12.9. The number of rotatable bonds is 5. The van der Waals surface area contributed by atoms with E-state index in [0.717, 1.165) is 6.42 Å². The molecule has 1 aromatic rings. The molecule has 89 valence electrons. The first-order valence-corrected chi connectivity index (χ1v) is 6.58. The van der Waals surface area contributed by atoms with Crippen LogP contribution in [0.25, 0.3) is 0 Å². The van der Waals surface area contributed by atoms with Crippen molar-refractivity contribution in [2.24, 2.45) is 5.73 Å². The van der Waals surface area contributed by atoms with Crippen LogP contribution in [-0.2, 0) is 15.6 Å². The van der Waals surface area contributed by atoms with Gasteiger partial charge in [0.25, 0.3) is 0 Å². The van der Waals surface area contributed by atoms with Crippen molar-refractivity contribution < 1.29 is 13.2 Å². The van der Waals surface area contributed by atoms with Crippen LogP contribution in [0.4, 0.5) is 0 Å². The number of hydrogen-bond acceptors (Lipinski definition) is 4. The van der Waals surface area contributed by atoms with Gasteiger partial charge < -0.3 is 5.73 Å². The summed E-state index contributed by atoms with van der Waals surface area (Å²) in [6, 6.07) is 7.90. The van der Waals surface area contributed by atoms with E-state index in [4.69, 9.17) is 11.0 Å². The molecule has 0 fully saturated rings. The highest BCUT2D eigenvalue weighted by molar-refractivity contribution is 7.90. The van der Waals surface area contributed by atoms with Crippen molar-refractivity contribution in [3.05, 3.63) is 41.8 Å². The van der Waals surface area contributed by atoms with Crippen LogP contribution < -0.4 is 5.73 Å². The molecular weight excluding hydrogens is 240 g/mol. The Morgan fingerprint density at radius 3 is 2.65 bits per heavy atom. The molecule has 0 aromatic heterocycles. The Morgan fingerprint density at radius 1 is 1.41 bits per heavy atom. The maximum atomic E-state index is 11.6. The quantitative estimate of drug-likeness (QED) is 0.819. The fraction of sp³-hybridized carbons (Fsp3) is 0.182. The summed E-state index contributed by atoms with van der Waals surface area (Å²) in [4.78, 5) is 11.1. The molecule has 0 heterocycles. The van der Waals surface area contributed by atoms with Crippen molar-refractivity contribution in [1.29, 1.82) is 5.26 Å². The fourth-order valence-corrected chi connectivity index (χ4v) is 2.52. The smallest absolute Gasteiger partial charge is 0.249 e. The second-order valence-electron chi connectivity index (χ2n) is 3.41. The van der Waals surface area contributed by atoms with Crippen molar-refractivity contribution in [3.8, 4) is 6.07 Å². The van der Waals surface area contributed by atoms with E-state index in [1.54, 1.807) is 18.2 Å². The van der Waals surface area contributed by atoms with Gasteiger partial charge in [-0.1, -0.05) is 18.2 Å². The van der Waals surface area contributed by atoms with Gasteiger partial charge in [0.2, 0.25) is 5.91 Å². The SMILES string of the molecule is N#C[CH]CS(=O)(=O)Cc1ccccc1C(N)=O. The van der Waals surface area contributed by atoms with Crippen molar-refractivity contribution in [2.45, 2.75) is 5.75 Å². The molecule has 1 aromatic carbocycles. The normalized spacial score (nSPS) is 10.8. The van der Waals surface area contributed by atoms with E-state index in [2.05, 4.69) is 0 Å². The van der Waals surface area contributed by atoms with Gasteiger partial charge in [0, 0.05) is 5.56 Å². The highest BCUT2D eigenvalue weighted by Gasteiger charge is 2.16. The average Bonchev–Trinajstić information content (AvgIpc) is 2.26. The third-order valence-electron chi connectivity index (χ3n) is 2.09. The predicted molar refractivity (Wildman–Crippen MR) is 62.4 cm³/mol. The molecule has 0 atom stereocenters. The average molecular weight is 251 g/mol. The molecule has 0 unspecified atom stereocenters. The number of nitriles is 1. The van der Waals surface area contributed by atoms with Gasteiger partial charge in [0.1, 0.15) is 0 Å². The molecule has 0 bridgehead atoms. The van der Waals surface area contributed by atoms with E-state index in [0.29, 0.717) is 5.56 Å². The first-order valence-electron chi connectivity index (χ1n) is 4.75. The molecule has 0 spiro atoms. The minimum Gasteiger partial charge on any atom is -0.366 e. The summed E-state index contributed by atoms with van der Waals surface area (Å²) in [5.41, 5.74) is 5.68. The van der Waals surface area contributed by atoms with Crippen LogP contribution in [0.5, 0.6) is 0 Å². The number of primary amides is 1. The van der Waals surface area contributed by atoms with Crippen molar-refractivity contribution in [1.82, 2.24) is 0 Å². The lowest BCUT2D eigenvalue weighted by molar-refractivity contribution is 0.0999. The number of nitrogens with two attached hydrogens (primary N) is 1. The van der Waals surface area contributed by atoms with Crippen LogP contribution in [0.15, 0.2) is 24.3 Å². The summed E-state index contributed by atoms with van der Waals surface area (Å²) < 4.78 is 23.2. The lowest BCUT2D eigenvalue weighted by Gasteiger charge is -2.06. The fourth-order valence-electron chi connectivity index (χ4n) is 1.35. The van der Waals surface area contributed by atoms with Crippen LogP contribution in [-0.4, -0.2) is 20.1 Å². The zero-order valence-electron chi connectivity index (χ0n) is 8.96. The molecule has 17 heavy (non-hydrogen) atoms. The zero-order valence-corrected chi connectivity index (χ0v) is 9.78. The van der Waals surface area contributed by atoms with Crippen LogP contribution in [0.3, 0.4) is 0 Å². The van der Waals surface area contributed by atoms with E-state index < -0.39 is 15.7 Å². The molecule has 1 amide bonds. The molecule has 1 radical (unpaired) electrons. The van der Waals surface area contributed by atoms with Crippen LogP contribution in [0.1, 0.15) is 15.9 Å². The van der Waals surface area contributed by atoms with E-state index in [1.807, 2.05) is 0 Å². The molecule has 0 saturated heterocycles. The Hall–Kier alpha value is -1.87. The Labute approximate surface area is 99.8 Å². The minimum atomic E-state index is -3.44. The molecule has 6 heteroatoms. The number of carbonyl (C=O) groups excluding carboxylic acids is 1. The maximum absolute atomic E-state index is 11.6. The Morgan fingerprint density at radius 2 is 2.06 bits per heavy atom. The predicted octanol–water partition coefficient (Wildman–Crippen LogP) is 0.428. The van der Waals surface area contributed by atoms with Gasteiger partial charge in [0.05, 0.1) is 24.0 Å². The van der Waals surface area contributed by atoms with Crippen LogP contribution >= 0.6 is 0 Å². The number of benzene rings is 1. The Bertz CT molecular complexity index is 558. The highest BCUT2D eigenvalue weighted by Crippen LogP contribution is 2.12. The van der Waals surface area contributed by atoms with E-state index >= 15 is 0 Å². The number of carbonyl (C=O) groups is 1. The second kappa shape index (κ2) is 5.46. The van der Waals surface area contributed by atoms with E-state index in [-0.39, 0.29) is 17.1 Å². The summed E-state index contributed by atoms with van der Waals surface area (Å²) in [5.74, 6) is -1.30. The summed E-state index contributed by atoms with van der Waals surface area (Å²) in [7, 11) is -3.44. The molecule has 5 nitrogen and oxygen atoms in total. The topological polar surface area (TPSA) is 101 Å². The summed E-state index contributed by atoms with van der Waals surface area (Å²) in [5, 5.41) is 8.29. The number of nitrogens with zero attached hydrogens (tertiary/aromatic N) is 1. The van der Waals surface area contributed by atoms with Crippen molar-refractivity contribution >= 4 is 15.7 Å². The first-order chi connectivity index (χ1) is 7.96. The molecule has 0 aliphatic carbocycles. The van der Waals surface area contributed by atoms with Crippen LogP contribution in [0, 0.1) is 17.8 Å². The molecule has 1 rings (SSSR count). The van der Waals surface area contributed by atoms with Crippen molar-refractivity contribution in [2.75, 3.05) is 5.75 Å². The lowest BCUT2D eigenvalue weighted by Crippen LogP contribution is -2.17. The second-order valence-corrected chi connectivity index (χ2v) is 5.52. The monoisotopic (exact) mass is 251 g/mol. The highest BCUT2D eigenvalue weighted by atomic mass is 32.2. The summed E-state index contributed by atoms with van der Waals surface area (Å²) >= 11 is 0. The van der Waals surface area contributed by atoms with Gasteiger partial charge in [-0.25, -0.2) is 8.42 Å². The first kappa shape index (κ1) is 13.2. The van der Waals surface area contributed by atoms with E-state index in [1.165, 1.54) is 12.1 Å². The summed E-state index contributed by atoms with van der Waals surface area (Å²) in [6.45, 7) is 0. The molecular formula is C11H11N2O3S. The van der Waals surface area contributed by atoms with Gasteiger partial charge >= 0.3 is 0 Å². The largest absolute Gasteiger partial charge is 0.366 e. The lowest BCUT2D eigenvalue weighted by atomic mass is 10.1. The van der Waals surface area contributed by atoms with Gasteiger partial charge in [-0.05, 0) is 11.6 Å². The standard InChI is InChI=1S/C11H11N2O3S/c12-6-3-7-17(15,16)8-9-4-1-2-5-10(9)11(13)14/h1-5H,7-8H2,(H2,13,14). The van der Waals surface area contributed by atoms with Gasteiger partial charge in [0.15, 0.2) is 9.84 Å². The number of sulfone groups is 1. The third kappa shape index (κ3) is 3.89. The maximum Gasteiger partial charge on any atom is 0.249 e. The van der Waals surface area contributed by atoms with E-state index in [9.17, 15) is 13.2 Å². The molecule has 2 N–H and O–H groups in total. The van der Waals surface area contributed by atoms with Crippen LogP contribution in [0.2, 0.25) is 0 Å². The minimum absolute atomic E-state index is 0.188. The third-order valence-corrected chi connectivity index (χ3v) is 3.51. The van der Waals surface area contributed by atoms with Gasteiger partial charge in [-0.15, -0.1) is 0 Å². The molecule has 0 aliphatic heterocycles. The van der Waals surface area contributed by atoms with Gasteiger partial charge in [-0.2, -0.15) is 5.26 Å². The Kier molecular flexibility index (Phi) is 4.24. The number of amides is 1.